The molecule has 1 saturated heterocycles. The third-order valence-corrected chi connectivity index (χ3v) is 3.54. The van der Waals surface area contributed by atoms with Crippen LogP contribution in [0, 0.1) is 5.92 Å². The van der Waals surface area contributed by atoms with E-state index in [1.165, 1.54) is 0 Å². The van der Waals surface area contributed by atoms with E-state index in [0.29, 0.717) is 23.9 Å². The van der Waals surface area contributed by atoms with Crippen LogP contribution in [0.3, 0.4) is 0 Å². The molecule has 1 aliphatic rings. The van der Waals surface area contributed by atoms with Crippen molar-refractivity contribution in [3.05, 3.63) is 23.8 Å². The minimum atomic E-state index is -0.934. The molecule has 0 bridgehead atoms. The maximum absolute atomic E-state index is 11.3. The van der Waals surface area contributed by atoms with Crippen molar-refractivity contribution in [3.63, 3.8) is 0 Å². The molecule has 19 heavy (non-hydrogen) atoms. The summed E-state index contributed by atoms with van der Waals surface area (Å²) >= 11 is 0. The van der Waals surface area contributed by atoms with Gasteiger partial charge in [-0.15, -0.1) is 0 Å². The van der Waals surface area contributed by atoms with E-state index in [-0.39, 0.29) is 5.56 Å². The number of carboxylic acid groups (broad SMARTS) is 1. The van der Waals surface area contributed by atoms with Crippen LogP contribution >= 0.6 is 0 Å². The zero-order valence-electron chi connectivity index (χ0n) is 11.1. The fourth-order valence-corrected chi connectivity index (χ4v) is 2.73. The fourth-order valence-electron chi connectivity index (χ4n) is 2.73. The van der Waals surface area contributed by atoms with E-state index in [1.807, 2.05) is 0 Å². The molecule has 0 amide bonds. The number of hydrogen-bond donors (Lipinski definition) is 2. The molecule has 1 aromatic rings. The van der Waals surface area contributed by atoms with Crippen LogP contribution in [0.2, 0.25) is 0 Å². The Morgan fingerprint density at radius 2 is 2.37 bits per heavy atom. The summed E-state index contributed by atoms with van der Waals surface area (Å²) in [5.41, 5.74) is 7.42. The van der Waals surface area contributed by atoms with Crippen LogP contribution in [0.15, 0.2) is 18.2 Å². The number of ether oxygens (including phenoxy) is 1. The highest BCUT2D eigenvalue weighted by molar-refractivity contribution is 5.98. The van der Waals surface area contributed by atoms with E-state index >= 15 is 0 Å². The van der Waals surface area contributed by atoms with Gasteiger partial charge < -0.3 is 20.5 Å². The van der Waals surface area contributed by atoms with Gasteiger partial charge in [0, 0.05) is 20.2 Å². The number of benzene rings is 1. The van der Waals surface area contributed by atoms with Gasteiger partial charge in [0.05, 0.1) is 23.5 Å². The van der Waals surface area contributed by atoms with Gasteiger partial charge in [-0.3, -0.25) is 0 Å². The largest absolute Gasteiger partial charge is 0.478 e. The Morgan fingerprint density at radius 3 is 3.05 bits per heavy atom. The van der Waals surface area contributed by atoms with Crippen LogP contribution in [0.25, 0.3) is 0 Å². The Morgan fingerprint density at radius 1 is 1.58 bits per heavy atom. The Hall–Kier alpha value is -1.75. The average Bonchev–Trinajstić information content (AvgIpc) is 2.39. The molecule has 1 aromatic carbocycles. The van der Waals surface area contributed by atoms with Crippen LogP contribution in [0.1, 0.15) is 23.2 Å². The first kappa shape index (κ1) is 13.7. The van der Waals surface area contributed by atoms with Crippen molar-refractivity contribution in [1.29, 1.82) is 0 Å². The normalized spacial score (nSPS) is 19.4. The lowest BCUT2D eigenvalue weighted by atomic mass is 9.97. The van der Waals surface area contributed by atoms with E-state index in [4.69, 9.17) is 10.5 Å². The Balaban J connectivity index is 2.28. The number of carbonyl (C=O) groups is 1. The maximum atomic E-state index is 11.3. The number of piperidine rings is 1. The number of hydrogen-bond acceptors (Lipinski definition) is 4. The van der Waals surface area contributed by atoms with Crippen LogP contribution < -0.4 is 10.6 Å². The number of anilines is 2. The third-order valence-electron chi connectivity index (χ3n) is 3.54. The molecule has 1 unspecified atom stereocenters. The molecule has 5 heteroatoms. The highest BCUT2D eigenvalue weighted by Gasteiger charge is 2.25. The van der Waals surface area contributed by atoms with E-state index in [1.54, 1.807) is 25.3 Å². The van der Waals surface area contributed by atoms with E-state index in [2.05, 4.69) is 4.90 Å². The molecule has 0 radical (unpaired) electrons. The molecule has 104 valence electrons. The summed E-state index contributed by atoms with van der Waals surface area (Å²) in [6.07, 6.45) is 2.14. The van der Waals surface area contributed by atoms with Gasteiger partial charge >= 0.3 is 5.97 Å². The standard InChI is InChI=1S/C14H20N2O3/c1-19-9-10-4-3-7-16(8-10)13-11(14(17)18)5-2-6-12(13)15/h2,5-6,10H,3-4,7-9,15H2,1H3,(H,17,18). The molecule has 1 atom stereocenters. The highest BCUT2D eigenvalue weighted by atomic mass is 16.5. The zero-order valence-corrected chi connectivity index (χ0v) is 11.1. The van der Waals surface area contributed by atoms with Gasteiger partial charge in [0.1, 0.15) is 0 Å². The topological polar surface area (TPSA) is 75.8 Å². The van der Waals surface area contributed by atoms with Crippen molar-refractivity contribution < 1.29 is 14.6 Å². The molecule has 0 spiro atoms. The van der Waals surface area contributed by atoms with E-state index in [9.17, 15) is 9.90 Å². The van der Waals surface area contributed by atoms with Crippen LogP contribution in [0.5, 0.6) is 0 Å². The Kier molecular flexibility index (Phi) is 4.27. The van der Waals surface area contributed by atoms with Crippen molar-refractivity contribution in [3.8, 4) is 0 Å². The van der Waals surface area contributed by atoms with Gasteiger partial charge in [0.2, 0.25) is 0 Å². The van der Waals surface area contributed by atoms with Crippen molar-refractivity contribution >= 4 is 17.3 Å². The fraction of sp³-hybridized carbons (Fsp3) is 0.500. The smallest absolute Gasteiger partial charge is 0.337 e. The van der Waals surface area contributed by atoms with Gasteiger partial charge in [-0.2, -0.15) is 0 Å². The first-order valence-electron chi connectivity index (χ1n) is 6.49. The van der Waals surface area contributed by atoms with Crippen molar-refractivity contribution in [2.75, 3.05) is 37.4 Å². The molecule has 1 fully saturated rings. The predicted molar refractivity (Wildman–Crippen MR) is 74.6 cm³/mol. The summed E-state index contributed by atoms with van der Waals surface area (Å²) in [5, 5.41) is 9.28. The van der Waals surface area contributed by atoms with Gasteiger partial charge in [-0.05, 0) is 30.9 Å². The summed E-state index contributed by atoms with van der Waals surface area (Å²) < 4.78 is 5.20. The van der Waals surface area contributed by atoms with Crippen LogP contribution in [-0.4, -0.2) is 37.9 Å². The average molecular weight is 264 g/mol. The lowest BCUT2D eigenvalue weighted by Gasteiger charge is -2.35. The minimum absolute atomic E-state index is 0.276. The van der Waals surface area contributed by atoms with Crippen LogP contribution in [0.4, 0.5) is 11.4 Å². The molecule has 0 saturated carbocycles. The lowest BCUT2D eigenvalue weighted by Crippen LogP contribution is -2.38. The molecule has 1 heterocycles. The number of nitrogens with two attached hydrogens (primary N) is 1. The predicted octanol–water partition coefficient (Wildman–Crippen LogP) is 1.83. The molecule has 2 rings (SSSR count). The maximum Gasteiger partial charge on any atom is 0.337 e. The van der Waals surface area contributed by atoms with Crippen LogP contribution in [-0.2, 0) is 4.74 Å². The Bertz CT molecular complexity index is 460. The summed E-state index contributed by atoms with van der Waals surface area (Å²) in [6.45, 7) is 2.34. The summed E-state index contributed by atoms with van der Waals surface area (Å²) in [5.74, 6) is -0.504. The zero-order chi connectivity index (χ0) is 13.8. The molecule has 0 aromatic heterocycles. The van der Waals surface area contributed by atoms with Crippen molar-refractivity contribution in [2.24, 2.45) is 5.92 Å². The first-order chi connectivity index (χ1) is 9.13. The molecular formula is C14H20N2O3. The third kappa shape index (κ3) is 2.98. The second-order valence-electron chi connectivity index (χ2n) is 4.96. The second-order valence-corrected chi connectivity index (χ2v) is 4.96. The van der Waals surface area contributed by atoms with E-state index < -0.39 is 5.97 Å². The number of aromatic carboxylic acids is 1. The van der Waals surface area contributed by atoms with E-state index in [0.717, 1.165) is 25.9 Å². The quantitative estimate of drug-likeness (QED) is 0.811. The minimum Gasteiger partial charge on any atom is -0.478 e. The molecule has 5 nitrogen and oxygen atoms in total. The first-order valence-corrected chi connectivity index (χ1v) is 6.49. The number of carboxylic acids is 1. The number of methoxy groups -OCH3 is 1. The molecule has 1 aliphatic heterocycles. The summed E-state index contributed by atoms with van der Waals surface area (Å²) in [4.78, 5) is 13.4. The molecular weight excluding hydrogens is 244 g/mol. The Labute approximate surface area is 113 Å². The summed E-state index contributed by atoms with van der Waals surface area (Å²) in [6, 6.07) is 5.04. The SMILES string of the molecule is COCC1CCCN(c2c(N)cccc2C(=O)O)C1. The van der Waals surface area contributed by atoms with Crippen molar-refractivity contribution in [1.82, 2.24) is 0 Å². The van der Waals surface area contributed by atoms with Gasteiger partial charge in [0.25, 0.3) is 0 Å². The van der Waals surface area contributed by atoms with Gasteiger partial charge in [-0.1, -0.05) is 6.07 Å². The number of rotatable bonds is 4. The lowest BCUT2D eigenvalue weighted by molar-refractivity contribution is 0.0697. The summed E-state index contributed by atoms with van der Waals surface area (Å²) in [7, 11) is 1.69. The molecule has 0 aliphatic carbocycles. The number of nitrogens with zero attached hydrogens (tertiary/aromatic N) is 1. The number of para-hydroxylation sites is 1. The van der Waals surface area contributed by atoms with Gasteiger partial charge in [0.15, 0.2) is 0 Å². The highest BCUT2D eigenvalue weighted by Crippen LogP contribution is 2.31. The second kappa shape index (κ2) is 5.93. The van der Waals surface area contributed by atoms with Crippen molar-refractivity contribution in [2.45, 2.75) is 12.8 Å². The molecule has 3 N–H and O–H groups in total. The number of nitrogen functional groups attached to an aromatic ring is 1. The monoisotopic (exact) mass is 264 g/mol. The van der Waals surface area contributed by atoms with Gasteiger partial charge in [-0.25, -0.2) is 4.79 Å².